The Labute approximate surface area is 121 Å². The number of H-pyrrole nitrogens is 1. The van der Waals surface area contributed by atoms with Gasteiger partial charge in [-0.1, -0.05) is 28.1 Å². The van der Waals surface area contributed by atoms with Crippen molar-refractivity contribution >= 4 is 21.8 Å². The Hall–Kier alpha value is -1.55. The highest BCUT2D eigenvalue weighted by atomic mass is 79.9. The first-order chi connectivity index (χ1) is 9.13. The number of aromatic amines is 1. The highest BCUT2D eigenvalue weighted by Gasteiger charge is 2.04. The summed E-state index contributed by atoms with van der Waals surface area (Å²) in [5.41, 5.74) is 3.33. The number of aromatic nitrogens is 1. The maximum Gasteiger partial charge on any atom is 0.224 e. The van der Waals surface area contributed by atoms with Crippen molar-refractivity contribution in [3.63, 3.8) is 0 Å². The standard InChI is InChI=1S/C15H17BrN2O/c1-11-8-13(10-18-11)9-15(19)17-7-6-12-2-4-14(16)5-3-12/h2-5,8,10,18H,6-7,9H2,1H3,(H,17,19). The number of rotatable bonds is 5. The molecule has 0 saturated heterocycles. The van der Waals surface area contributed by atoms with E-state index >= 15 is 0 Å². The van der Waals surface area contributed by atoms with Crippen LogP contribution in [0.1, 0.15) is 16.8 Å². The van der Waals surface area contributed by atoms with Gasteiger partial charge in [0.15, 0.2) is 0 Å². The van der Waals surface area contributed by atoms with Crippen molar-refractivity contribution in [2.45, 2.75) is 19.8 Å². The lowest BCUT2D eigenvalue weighted by atomic mass is 10.1. The largest absolute Gasteiger partial charge is 0.365 e. The van der Waals surface area contributed by atoms with E-state index in [4.69, 9.17) is 0 Å². The van der Waals surface area contributed by atoms with E-state index in [1.807, 2.05) is 31.3 Å². The average molecular weight is 321 g/mol. The molecule has 0 aliphatic rings. The van der Waals surface area contributed by atoms with Gasteiger partial charge >= 0.3 is 0 Å². The first-order valence-corrected chi connectivity index (χ1v) is 7.08. The smallest absolute Gasteiger partial charge is 0.224 e. The predicted octanol–water partition coefficient (Wildman–Crippen LogP) is 2.99. The van der Waals surface area contributed by atoms with Gasteiger partial charge in [0.05, 0.1) is 6.42 Å². The Balaban J connectivity index is 1.73. The summed E-state index contributed by atoms with van der Waals surface area (Å²) in [4.78, 5) is 14.8. The van der Waals surface area contributed by atoms with E-state index in [0.717, 1.165) is 22.2 Å². The minimum atomic E-state index is 0.0658. The molecule has 2 N–H and O–H groups in total. The predicted molar refractivity (Wildman–Crippen MR) is 80.1 cm³/mol. The van der Waals surface area contributed by atoms with Gasteiger partial charge in [-0.2, -0.15) is 0 Å². The van der Waals surface area contributed by atoms with Crippen LogP contribution in [0.4, 0.5) is 0 Å². The van der Waals surface area contributed by atoms with Crippen LogP contribution in [-0.2, 0) is 17.6 Å². The van der Waals surface area contributed by atoms with Crippen molar-refractivity contribution in [1.29, 1.82) is 0 Å². The molecule has 1 aromatic carbocycles. The van der Waals surface area contributed by atoms with Crippen molar-refractivity contribution in [3.05, 3.63) is 57.8 Å². The average Bonchev–Trinajstić information content (AvgIpc) is 2.77. The van der Waals surface area contributed by atoms with E-state index in [0.29, 0.717) is 13.0 Å². The van der Waals surface area contributed by atoms with Gasteiger partial charge < -0.3 is 10.3 Å². The first kappa shape index (κ1) is 13.9. The lowest BCUT2D eigenvalue weighted by Crippen LogP contribution is -2.27. The minimum absolute atomic E-state index is 0.0658. The summed E-state index contributed by atoms with van der Waals surface area (Å²) in [6.07, 6.45) is 3.17. The fourth-order valence-corrected chi connectivity index (χ4v) is 2.18. The maximum atomic E-state index is 11.7. The van der Waals surface area contributed by atoms with E-state index in [2.05, 4.69) is 38.4 Å². The second kappa shape index (κ2) is 6.57. The molecule has 3 nitrogen and oxygen atoms in total. The number of carbonyl (C=O) groups is 1. The SMILES string of the molecule is Cc1cc(CC(=O)NCCc2ccc(Br)cc2)c[nH]1. The summed E-state index contributed by atoms with van der Waals surface area (Å²) in [5.74, 6) is 0.0658. The van der Waals surface area contributed by atoms with Gasteiger partial charge in [-0.3, -0.25) is 4.79 Å². The number of hydrogen-bond acceptors (Lipinski definition) is 1. The summed E-state index contributed by atoms with van der Waals surface area (Å²) in [7, 11) is 0. The van der Waals surface area contributed by atoms with Crippen molar-refractivity contribution in [3.8, 4) is 0 Å². The molecular formula is C15H17BrN2O. The van der Waals surface area contributed by atoms with Crippen molar-refractivity contribution in [2.75, 3.05) is 6.54 Å². The van der Waals surface area contributed by atoms with Crippen LogP contribution in [0.3, 0.4) is 0 Å². The number of hydrogen-bond donors (Lipinski definition) is 2. The number of aryl methyl sites for hydroxylation is 1. The molecule has 2 rings (SSSR count). The summed E-state index contributed by atoms with van der Waals surface area (Å²) >= 11 is 3.40. The highest BCUT2D eigenvalue weighted by Crippen LogP contribution is 2.10. The molecular weight excluding hydrogens is 304 g/mol. The number of nitrogens with one attached hydrogen (secondary N) is 2. The van der Waals surface area contributed by atoms with Crippen molar-refractivity contribution < 1.29 is 4.79 Å². The van der Waals surface area contributed by atoms with Crippen molar-refractivity contribution in [2.24, 2.45) is 0 Å². The van der Waals surface area contributed by atoms with E-state index < -0.39 is 0 Å². The molecule has 0 aliphatic carbocycles. The molecule has 19 heavy (non-hydrogen) atoms. The third kappa shape index (κ3) is 4.56. The summed E-state index contributed by atoms with van der Waals surface area (Å²) in [6, 6.07) is 10.1. The Kier molecular flexibility index (Phi) is 4.80. The molecule has 0 spiro atoms. The van der Waals surface area contributed by atoms with Crippen LogP contribution in [0, 0.1) is 6.92 Å². The fraction of sp³-hybridized carbons (Fsp3) is 0.267. The second-order valence-corrected chi connectivity index (χ2v) is 5.51. The van der Waals surface area contributed by atoms with Crippen molar-refractivity contribution in [1.82, 2.24) is 10.3 Å². The Morgan fingerprint density at radius 2 is 2.00 bits per heavy atom. The Morgan fingerprint density at radius 1 is 1.26 bits per heavy atom. The monoisotopic (exact) mass is 320 g/mol. The minimum Gasteiger partial charge on any atom is -0.365 e. The van der Waals surface area contributed by atoms with Gasteiger partial charge in [0.2, 0.25) is 5.91 Å². The highest BCUT2D eigenvalue weighted by molar-refractivity contribution is 9.10. The van der Waals surface area contributed by atoms with Gasteiger partial charge in [0.1, 0.15) is 0 Å². The molecule has 0 aliphatic heterocycles. The van der Waals surface area contributed by atoms with Crippen LogP contribution in [-0.4, -0.2) is 17.4 Å². The van der Waals surface area contributed by atoms with E-state index in [9.17, 15) is 4.79 Å². The molecule has 1 heterocycles. The molecule has 100 valence electrons. The van der Waals surface area contributed by atoms with Crippen LogP contribution in [0.15, 0.2) is 41.0 Å². The van der Waals surface area contributed by atoms with Crippen LogP contribution in [0.5, 0.6) is 0 Å². The third-order valence-electron chi connectivity index (χ3n) is 2.90. The molecule has 0 unspecified atom stereocenters. The van der Waals surface area contributed by atoms with Gasteiger partial charge in [-0.05, 0) is 42.7 Å². The van der Waals surface area contributed by atoms with Crippen LogP contribution in [0.2, 0.25) is 0 Å². The molecule has 0 fully saturated rings. The van der Waals surface area contributed by atoms with Gasteiger partial charge in [-0.15, -0.1) is 0 Å². The second-order valence-electron chi connectivity index (χ2n) is 4.59. The third-order valence-corrected chi connectivity index (χ3v) is 3.43. The Bertz CT molecular complexity index is 546. The van der Waals surface area contributed by atoms with E-state index in [-0.39, 0.29) is 5.91 Å². The van der Waals surface area contributed by atoms with E-state index in [1.165, 1.54) is 5.56 Å². The van der Waals surface area contributed by atoms with Crippen LogP contribution >= 0.6 is 15.9 Å². The quantitative estimate of drug-likeness (QED) is 0.874. The lowest BCUT2D eigenvalue weighted by Gasteiger charge is -2.04. The number of amides is 1. The van der Waals surface area contributed by atoms with Gasteiger partial charge in [0, 0.05) is 22.9 Å². The lowest BCUT2D eigenvalue weighted by molar-refractivity contribution is -0.120. The molecule has 0 atom stereocenters. The van der Waals surface area contributed by atoms with Crippen LogP contribution < -0.4 is 5.32 Å². The maximum absolute atomic E-state index is 11.7. The fourth-order valence-electron chi connectivity index (χ4n) is 1.92. The Morgan fingerprint density at radius 3 is 2.63 bits per heavy atom. The van der Waals surface area contributed by atoms with Gasteiger partial charge in [-0.25, -0.2) is 0 Å². The van der Waals surface area contributed by atoms with E-state index in [1.54, 1.807) is 0 Å². The van der Waals surface area contributed by atoms with Gasteiger partial charge in [0.25, 0.3) is 0 Å². The molecule has 4 heteroatoms. The molecule has 0 bridgehead atoms. The molecule has 0 saturated carbocycles. The number of carbonyl (C=O) groups excluding carboxylic acids is 1. The molecule has 1 amide bonds. The van der Waals surface area contributed by atoms with Crippen LogP contribution in [0.25, 0.3) is 0 Å². The normalized spacial score (nSPS) is 10.4. The molecule has 1 aromatic heterocycles. The molecule has 2 aromatic rings. The number of benzene rings is 1. The first-order valence-electron chi connectivity index (χ1n) is 6.28. The summed E-state index contributed by atoms with van der Waals surface area (Å²) < 4.78 is 1.07. The summed E-state index contributed by atoms with van der Waals surface area (Å²) in [5, 5.41) is 2.94. The zero-order chi connectivity index (χ0) is 13.7. The topological polar surface area (TPSA) is 44.9 Å². The zero-order valence-electron chi connectivity index (χ0n) is 10.9. The summed E-state index contributed by atoms with van der Waals surface area (Å²) in [6.45, 7) is 2.65. The molecule has 0 radical (unpaired) electrons. The number of halogens is 1. The zero-order valence-corrected chi connectivity index (χ0v) is 12.5.